The lowest BCUT2D eigenvalue weighted by Crippen LogP contribution is -2.10. The number of thiazole rings is 1. The Morgan fingerprint density at radius 1 is 1.16 bits per heavy atom. The number of carbonyl (C=O) groups excluding carboxylic acids is 1. The monoisotopic (exact) mass is 272 g/mol. The van der Waals surface area contributed by atoms with Gasteiger partial charge in [0.15, 0.2) is 0 Å². The number of nitrogens with zero attached hydrogens (tertiary/aromatic N) is 1. The van der Waals surface area contributed by atoms with Crippen LogP contribution in [0.2, 0.25) is 0 Å². The zero-order valence-electron chi connectivity index (χ0n) is 9.76. The van der Waals surface area contributed by atoms with Crippen LogP contribution in [-0.2, 0) is 0 Å². The molecule has 3 aromatic rings. The Morgan fingerprint density at radius 2 is 1.89 bits per heavy atom. The third-order valence-electron chi connectivity index (χ3n) is 2.77. The van der Waals surface area contributed by atoms with Crippen LogP contribution < -0.4 is 5.73 Å². The summed E-state index contributed by atoms with van der Waals surface area (Å²) in [4.78, 5) is 15.4. The molecule has 0 atom stereocenters. The molecule has 1 amide bonds. The molecular weight excluding hydrogens is 263 g/mol. The minimum atomic E-state index is -0.460. The second-order valence-electron chi connectivity index (χ2n) is 4.07. The molecule has 0 aliphatic carbocycles. The molecule has 0 aliphatic rings. The fourth-order valence-electron chi connectivity index (χ4n) is 1.80. The standard InChI is InChI=1S/C14H9FN2OS/c15-10-5-6-11-12(7-10)19-14(17-11)9-3-1-8(2-4-9)13(16)18/h1-7H,(H2,16,18). The number of rotatable bonds is 2. The van der Waals surface area contributed by atoms with Crippen LogP contribution in [0.5, 0.6) is 0 Å². The SMILES string of the molecule is NC(=O)c1ccc(-c2nc3ccc(F)cc3s2)cc1. The molecule has 0 spiro atoms. The van der Waals surface area contributed by atoms with Crippen molar-refractivity contribution in [1.82, 2.24) is 4.98 Å². The third kappa shape index (κ3) is 2.20. The molecule has 2 aromatic carbocycles. The molecule has 94 valence electrons. The molecule has 1 heterocycles. The first-order valence-electron chi connectivity index (χ1n) is 5.60. The van der Waals surface area contributed by atoms with Gasteiger partial charge in [-0.2, -0.15) is 0 Å². The van der Waals surface area contributed by atoms with Gasteiger partial charge in [0.1, 0.15) is 10.8 Å². The van der Waals surface area contributed by atoms with Crippen LogP contribution in [0.25, 0.3) is 20.8 Å². The van der Waals surface area contributed by atoms with Crippen LogP contribution in [0, 0.1) is 5.82 Å². The lowest BCUT2D eigenvalue weighted by Gasteiger charge is -1.97. The van der Waals surface area contributed by atoms with Gasteiger partial charge in [0, 0.05) is 11.1 Å². The van der Waals surface area contributed by atoms with Crippen LogP contribution in [0.1, 0.15) is 10.4 Å². The summed E-state index contributed by atoms with van der Waals surface area (Å²) < 4.78 is 13.9. The number of hydrogen-bond donors (Lipinski definition) is 1. The van der Waals surface area contributed by atoms with Crippen molar-refractivity contribution in [3.8, 4) is 10.6 Å². The number of benzene rings is 2. The number of carbonyl (C=O) groups is 1. The Hall–Kier alpha value is -2.27. The molecule has 0 unspecified atom stereocenters. The van der Waals surface area contributed by atoms with E-state index in [9.17, 15) is 9.18 Å². The molecule has 2 N–H and O–H groups in total. The van der Waals surface area contributed by atoms with Crippen LogP contribution in [0.15, 0.2) is 42.5 Å². The first-order valence-corrected chi connectivity index (χ1v) is 6.41. The number of halogens is 1. The molecule has 1 aromatic heterocycles. The molecule has 3 nitrogen and oxygen atoms in total. The average Bonchev–Trinajstić information content (AvgIpc) is 2.81. The van der Waals surface area contributed by atoms with E-state index in [1.165, 1.54) is 23.5 Å². The zero-order chi connectivity index (χ0) is 13.4. The second-order valence-corrected chi connectivity index (χ2v) is 5.10. The normalized spacial score (nSPS) is 10.8. The number of fused-ring (bicyclic) bond motifs is 1. The number of hydrogen-bond acceptors (Lipinski definition) is 3. The molecule has 0 aliphatic heterocycles. The molecule has 3 rings (SSSR count). The number of nitrogens with two attached hydrogens (primary N) is 1. The Morgan fingerprint density at radius 3 is 2.58 bits per heavy atom. The van der Waals surface area contributed by atoms with Crippen molar-refractivity contribution < 1.29 is 9.18 Å². The van der Waals surface area contributed by atoms with Gasteiger partial charge in [-0.3, -0.25) is 4.79 Å². The van der Waals surface area contributed by atoms with Gasteiger partial charge in [0.2, 0.25) is 5.91 Å². The van der Waals surface area contributed by atoms with E-state index in [2.05, 4.69) is 4.98 Å². The summed E-state index contributed by atoms with van der Waals surface area (Å²) in [6, 6.07) is 11.4. The van der Waals surface area contributed by atoms with Crippen molar-refractivity contribution >= 4 is 27.5 Å². The number of amides is 1. The zero-order valence-corrected chi connectivity index (χ0v) is 10.6. The molecule has 0 saturated carbocycles. The highest BCUT2D eigenvalue weighted by Crippen LogP contribution is 2.30. The first kappa shape index (κ1) is 11.8. The topological polar surface area (TPSA) is 56.0 Å². The van der Waals surface area contributed by atoms with E-state index < -0.39 is 5.91 Å². The fraction of sp³-hybridized carbons (Fsp3) is 0. The molecule has 5 heteroatoms. The van der Waals surface area contributed by atoms with Gasteiger partial charge in [-0.05, 0) is 30.3 Å². The van der Waals surface area contributed by atoms with E-state index in [1.807, 2.05) is 0 Å². The number of primary amides is 1. The second kappa shape index (κ2) is 4.44. The van der Waals surface area contributed by atoms with Crippen molar-refractivity contribution in [2.24, 2.45) is 5.73 Å². The maximum Gasteiger partial charge on any atom is 0.248 e. The van der Waals surface area contributed by atoms with Gasteiger partial charge in [-0.25, -0.2) is 9.37 Å². The minimum absolute atomic E-state index is 0.272. The van der Waals surface area contributed by atoms with Crippen molar-refractivity contribution in [2.45, 2.75) is 0 Å². The molecular formula is C14H9FN2OS. The van der Waals surface area contributed by atoms with E-state index in [0.29, 0.717) is 5.56 Å². The highest BCUT2D eigenvalue weighted by molar-refractivity contribution is 7.21. The highest BCUT2D eigenvalue weighted by Gasteiger charge is 2.08. The van der Waals surface area contributed by atoms with Gasteiger partial charge < -0.3 is 5.73 Å². The number of aromatic nitrogens is 1. The summed E-state index contributed by atoms with van der Waals surface area (Å²) in [5.74, 6) is -0.732. The van der Waals surface area contributed by atoms with Gasteiger partial charge >= 0.3 is 0 Å². The average molecular weight is 272 g/mol. The van der Waals surface area contributed by atoms with Gasteiger partial charge in [0.25, 0.3) is 0 Å². The summed E-state index contributed by atoms with van der Waals surface area (Å²) in [5.41, 5.74) is 7.29. The Balaban J connectivity index is 2.06. The highest BCUT2D eigenvalue weighted by atomic mass is 32.1. The quantitative estimate of drug-likeness (QED) is 0.778. The van der Waals surface area contributed by atoms with Crippen LogP contribution in [0.4, 0.5) is 4.39 Å². The maximum absolute atomic E-state index is 13.1. The maximum atomic E-state index is 13.1. The largest absolute Gasteiger partial charge is 0.366 e. The Bertz CT molecular complexity index is 765. The van der Waals surface area contributed by atoms with E-state index >= 15 is 0 Å². The van der Waals surface area contributed by atoms with E-state index in [-0.39, 0.29) is 5.82 Å². The van der Waals surface area contributed by atoms with Crippen molar-refractivity contribution in [2.75, 3.05) is 0 Å². The van der Waals surface area contributed by atoms with Crippen LogP contribution >= 0.6 is 11.3 Å². The third-order valence-corrected chi connectivity index (χ3v) is 3.83. The molecule has 0 bridgehead atoms. The molecule has 19 heavy (non-hydrogen) atoms. The minimum Gasteiger partial charge on any atom is -0.366 e. The van der Waals surface area contributed by atoms with Crippen LogP contribution in [-0.4, -0.2) is 10.9 Å². The van der Waals surface area contributed by atoms with Crippen molar-refractivity contribution in [1.29, 1.82) is 0 Å². The van der Waals surface area contributed by atoms with Crippen LogP contribution in [0.3, 0.4) is 0 Å². The lowest BCUT2D eigenvalue weighted by atomic mass is 10.1. The predicted octanol–water partition coefficient (Wildman–Crippen LogP) is 3.20. The Kier molecular flexibility index (Phi) is 2.76. The van der Waals surface area contributed by atoms with E-state index in [0.717, 1.165) is 20.8 Å². The van der Waals surface area contributed by atoms with E-state index in [1.54, 1.807) is 30.3 Å². The molecule has 0 radical (unpaired) electrons. The van der Waals surface area contributed by atoms with Crippen molar-refractivity contribution in [3.05, 3.63) is 53.8 Å². The lowest BCUT2D eigenvalue weighted by molar-refractivity contribution is 0.100. The van der Waals surface area contributed by atoms with Gasteiger partial charge in [0.05, 0.1) is 10.2 Å². The summed E-state index contributed by atoms with van der Waals surface area (Å²) >= 11 is 1.41. The molecule has 0 fully saturated rings. The van der Waals surface area contributed by atoms with E-state index in [4.69, 9.17) is 5.73 Å². The Labute approximate surface area is 112 Å². The molecule has 0 saturated heterocycles. The summed E-state index contributed by atoms with van der Waals surface area (Å²) in [6.07, 6.45) is 0. The summed E-state index contributed by atoms with van der Waals surface area (Å²) in [5, 5.41) is 0.789. The van der Waals surface area contributed by atoms with Gasteiger partial charge in [-0.15, -0.1) is 11.3 Å². The predicted molar refractivity (Wildman–Crippen MR) is 73.5 cm³/mol. The van der Waals surface area contributed by atoms with Gasteiger partial charge in [-0.1, -0.05) is 12.1 Å². The smallest absolute Gasteiger partial charge is 0.248 e. The fourth-order valence-corrected chi connectivity index (χ4v) is 2.79. The summed E-state index contributed by atoms with van der Waals surface area (Å²) in [7, 11) is 0. The summed E-state index contributed by atoms with van der Waals surface area (Å²) in [6.45, 7) is 0. The van der Waals surface area contributed by atoms with Crippen molar-refractivity contribution in [3.63, 3.8) is 0 Å². The first-order chi connectivity index (χ1) is 9.13.